The predicted octanol–water partition coefficient (Wildman–Crippen LogP) is 3.77. The van der Waals surface area contributed by atoms with Gasteiger partial charge >= 0.3 is 12.1 Å². The van der Waals surface area contributed by atoms with Crippen LogP contribution in [0.5, 0.6) is 0 Å². The first-order valence-corrected chi connectivity index (χ1v) is 5.61. The molecule has 0 aromatic heterocycles. The van der Waals surface area contributed by atoms with Crippen molar-refractivity contribution in [3.05, 3.63) is 35.4 Å². The molecule has 1 aromatic rings. The van der Waals surface area contributed by atoms with E-state index in [4.69, 9.17) is 0 Å². The average Bonchev–Trinajstić information content (AvgIpc) is 2.81. The van der Waals surface area contributed by atoms with Crippen molar-refractivity contribution in [3.8, 4) is 0 Å². The highest BCUT2D eigenvalue weighted by molar-refractivity contribution is 5.29. The summed E-state index contributed by atoms with van der Waals surface area (Å²) in [5, 5.41) is 3.15. The van der Waals surface area contributed by atoms with E-state index in [9.17, 15) is 22.0 Å². The van der Waals surface area contributed by atoms with E-state index in [1.807, 2.05) is 0 Å². The van der Waals surface area contributed by atoms with Crippen molar-refractivity contribution in [2.75, 3.05) is 6.54 Å². The lowest BCUT2D eigenvalue weighted by atomic mass is 10.0. The first-order chi connectivity index (χ1) is 8.32. The normalized spacial score (nSPS) is 21.3. The highest BCUT2D eigenvalue weighted by Crippen LogP contribution is 2.44. The molecule has 0 amide bonds. The van der Waals surface area contributed by atoms with Crippen LogP contribution in [0.2, 0.25) is 0 Å². The molecule has 1 N–H and O–H groups in total. The summed E-state index contributed by atoms with van der Waals surface area (Å²) < 4.78 is 62.5. The maximum atomic E-state index is 13.0. The van der Waals surface area contributed by atoms with Gasteiger partial charge < -0.3 is 5.32 Å². The fourth-order valence-corrected chi connectivity index (χ4v) is 2.06. The lowest BCUT2D eigenvalue weighted by Gasteiger charge is -2.20. The fraction of sp³-hybridized carbons (Fsp3) is 0.500. The maximum absolute atomic E-state index is 13.0. The molecule has 1 aliphatic heterocycles. The first-order valence-electron chi connectivity index (χ1n) is 5.61. The van der Waals surface area contributed by atoms with Crippen molar-refractivity contribution >= 4 is 0 Å². The number of rotatable bonds is 2. The second-order valence-corrected chi connectivity index (χ2v) is 4.34. The molecule has 1 aliphatic rings. The minimum absolute atomic E-state index is 0.0542. The summed E-state index contributed by atoms with van der Waals surface area (Å²) in [6.07, 6.45) is -3.71. The summed E-state index contributed by atoms with van der Waals surface area (Å²) in [6.45, 7) is 0.838. The smallest absolute Gasteiger partial charge is 0.310 e. The van der Waals surface area contributed by atoms with Gasteiger partial charge in [0.1, 0.15) is 0 Å². The van der Waals surface area contributed by atoms with Crippen LogP contribution in [0.25, 0.3) is 0 Å². The van der Waals surface area contributed by atoms with Crippen molar-refractivity contribution in [1.29, 1.82) is 0 Å². The Morgan fingerprint density at radius 1 is 1.00 bits per heavy atom. The van der Waals surface area contributed by atoms with Gasteiger partial charge in [0.25, 0.3) is 0 Å². The Morgan fingerprint density at radius 2 is 1.61 bits per heavy atom. The molecule has 6 heteroatoms. The van der Waals surface area contributed by atoms with Crippen LogP contribution < -0.4 is 5.32 Å². The highest BCUT2D eigenvalue weighted by atomic mass is 19.4. The Morgan fingerprint density at radius 3 is 2.06 bits per heavy atom. The molecule has 1 unspecified atom stereocenters. The van der Waals surface area contributed by atoms with Crippen LogP contribution in [-0.4, -0.2) is 12.7 Å². The number of halogens is 5. The van der Waals surface area contributed by atoms with E-state index in [1.165, 1.54) is 12.1 Å². The van der Waals surface area contributed by atoms with Crippen molar-refractivity contribution in [2.24, 2.45) is 0 Å². The number of alkyl halides is 5. The van der Waals surface area contributed by atoms with Crippen LogP contribution >= 0.6 is 0 Å². The first kappa shape index (κ1) is 13.3. The van der Waals surface area contributed by atoms with Crippen molar-refractivity contribution in [2.45, 2.75) is 31.0 Å². The van der Waals surface area contributed by atoms with Crippen molar-refractivity contribution in [1.82, 2.24) is 5.32 Å². The van der Waals surface area contributed by atoms with Crippen molar-refractivity contribution in [3.63, 3.8) is 0 Å². The summed E-state index contributed by atoms with van der Waals surface area (Å²) in [6, 6.07) is 4.42. The molecule has 2 rings (SSSR count). The van der Waals surface area contributed by atoms with Gasteiger partial charge in [-0.15, -0.1) is 0 Å². The van der Waals surface area contributed by atoms with Gasteiger partial charge in [0.05, 0.1) is 0 Å². The van der Waals surface area contributed by atoms with Gasteiger partial charge in [0.15, 0.2) is 0 Å². The quantitative estimate of drug-likeness (QED) is 0.803. The topological polar surface area (TPSA) is 12.0 Å². The van der Waals surface area contributed by atoms with E-state index in [0.29, 0.717) is 0 Å². The van der Waals surface area contributed by atoms with E-state index in [1.54, 1.807) is 0 Å². The monoisotopic (exact) mass is 265 g/mol. The van der Waals surface area contributed by atoms with Crippen LogP contribution in [0.15, 0.2) is 24.3 Å². The molecule has 100 valence electrons. The number of hydrogen-bond donors (Lipinski definition) is 1. The highest BCUT2D eigenvalue weighted by Gasteiger charge is 2.58. The number of nitrogens with one attached hydrogen (secondary N) is 1. The molecule has 0 spiro atoms. The summed E-state index contributed by atoms with van der Waals surface area (Å²) in [5.74, 6) is -4.80. The second kappa shape index (κ2) is 4.50. The summed E-state index contributed by atoms with van der Waals surface area (Å²) in [4.78, 5) is 0. The van der Waals surface area contributed by atoms with Gasteiger partial charge in [0, 0.05) is 11.6 Å². The average molecular weight is 265 g/mol. The van der Waals surface area contributed by atoms with Gasteiger partial charge in [0.2, 0.25) is 0 Å². The van der Waals surface area contributed by atoms with Crippen LogP contribution in [0.1, 0.15) is 30.0 Å². The van der Waals surface area contributed by atoms with Crippen LogP contribution in [-0.2, 0) is 5.92 Å². The molecule has 1 atom stereocenters. The fourth-order valence-electron chi connectivity index (χ4n) is 2.06. The number of hydrogen-bond acceptors (Lipinski definition) is 1. The lowest BCUT2D eigenvalue weighted by molar-refractivity contribution is -0.289. The molecule has 1 heterocycles. The molecule has 1 aromatic carbocycles. The second-order valence-electron chi connectivity index (χ2n) is 4.34. The molecule has 1 nitrogen and oxygen atoms in total. The van der Waals surface area contributed by atoms with E-state index in [-0.39, 0.29) is 6.04 Å². The molecule has 1 saturated heterocycles. The third kappa shape index (κ3) is 2.34. The number of benzene rings is 1. The Labute approximate surface area is 101 Å². The standard InChI is InChI=1S/C12H12F5N/c13-11(14,12(15,16)17)9-5-3-8(4-6-9)10-2-1-7-18-10/h3-6,10,18H,1-2,7H2. The van der Waals surface area contributed by atoms with Crippen LogP contribution in [0.3, 0.4) is 0 Å². The van der Waals surface area contributed by atoms with E-state index in [0.717, 1.165) is 37.1 Å². The molecular formula is C12H12F5N. The molecule has 0 radical (unpaired) electrons. The summed E-state index contributed by atoms with van der Waals surface area (Å²) >= 11 is 0. The summed E-state index contributed by atoms with van der Waals surface area (Å²) in [5.41, 5.74) is -0.272. The SMILES string of the molecule is FC(F)(F)C(F)(F)c1ccc(C2CCCN2)cc1. The van der Waals surface area contributed by atoms with Gasteiger partial charge in [-0.1, -0.05) is 24.3 Å². The predicted molar refractivity (Wildman–Crippen MR) is 56.4 cm³/mol. The van der Waals surface area contributed by atoms with Gasteiger partial charge in [-0.05, 0) is 24.9 Å². The summed E-state index contributed by atoms with van der Waals surface area (Å²) in [7, 11) is 0. The molecule has 0 saturated carbocycles. The largest absolute Gasteiger partial charge is 0.458 e. The minimum Gasteiger partial charge on any atom is -0.310 e. The van der Waals surface area contributed by atoms with Gasteiger partial charge in [-0.2, -0.15) is 22.0 Å². The Balaban J connectivity index is 2.22. The third-order valence-corrected chi connectivity index (χ3v) is 3.09. The van der Waals surface area contributed by atoms with Gasteiger partial charge in [-0.25, -0.2) is 0 Å². The zero-order chi connectivity index (χ0) is 13.4. The zero-order valence-corrected chi connectivity index (χ0v) is 9.40. The van der Waals surface area contributed by atoms with Crippen molar-refractivity contribution < 1.29 is 22.0 Å². The molecule has 18 heavy (non-hydrogen) atoms. The van der Waals surface area contributed by atoms with E-state index < -0.39 is 17.7 Å². The molecule has 1 fully saturated rings. The molecule has 0 bridgehead atoms. The minimum atomic E-state index is -5.56. The van der Waals surface area contributed by atoms with E-state index in [2.05, 4.69) is 5.32 Å². The zero-order valence-electron chi connectivity index (χ0n) is 9.40. The lowest BCUT2D eigenvalue weighted by Crippen LogP contribution is -2.33. The Bertz CT molecular complexity index is 403. The maximum Gasteiger partial charge on any atom is 0.458 e. The third-order valence-electron chi connectivity index (χ3n) is 3.09. The van der Waals surface area contributed by atoms with E-state index >= 15 is 0 Å². The van der Waals surface area contributed by atoms with Gasteiger partial charge in [-0.3, -0.25) is 0 Å². The molecular weight excluding hydrogens is 253 g/mol. The van der Waals surface area contributed by atoms with Crippen LogP contribution in [0, 0.1) is 0 Å². The van der Waals surface area contributed by atoms with Crippen LogP contribution in [0.4, 0.5) is 22.0 Å². The Kier molecular flexibility index (Phi) is 3.31. The Hall–Kier alpha value is -1.17. The molecule has 0 aliphatic carbocycles.